The zero-order valence-corrected chi connectivity index (χ0v) is 12.5. The Morgan fingerprint density at radius 2 is 1.85 bits per heavy atom. The highest BCUT2D eigenvalue weighted by molar-refractivity contribution is 9.10. The van der Waals surface area contributed by atoms with Crippen LogP contribution in [0.3, 0.4) is 0 Å². The van der Waals surface area contributed by atoms with Crippen LogP contribution < -0.4 is 4.90 Å². The van der Waals surface area contributed by atoms with Crippen molar-refractivity contribution in [2.75, 3.05) is 11.4 Å². The zero-order chi connectivity index (χ0) is 13.9. The second-order valence-electron chi connectivity index (χ2n) is 4.75. The van der Waals surface area contributed by atoms with Gasteiger partial charge in [-0.3, -0.25) is 4.79 Å². The van der Waals surface area contributed by atoms with Gasteiger partial charge in [-0.2, -0.15) is 0 Å². The molecule has 100 valence electrons. The van der Waals surface area contributed by atoms with Crippen LogP contribution in [0.1, 0.15) is 11.1 Å². The van der Waals surface area contributed by atoms with Gasteiger partial charge in [0, 0.05) is 22.8 Å². The normalized spacial score (nSPS) is 13.8. The van der Waals surface area contributed by atoms with E-state index in [0.29, 0.717) is 0 Å². The van der Waals surface area contributed by atoms with Crippen LogP contribution in [0.2, 0.25) is 0 Å². The third-order valence-corrected chi connectivity index (χ3v) is 3.97. The Morgan fingerprint density at radius 1 is 1.10 bits per heavy atom. The first-order chi connectivity index (χ1) is 9.74. The molecule has 0 fully saturated rings. The molecule has 0 aromatic heterocycles. The number of benzene rings is 2. The van der Waals surface area contributed by atoms with Crippen molar-refractivity contribution in [1.29, 1.82) is 0 Å². The van der Waals surface area contributed by atoms with Crippen LogP contribution in [0.4, 0.5) is 5.69 Å². The summed E-state index contributed by atoms with van der Waals surface area (Å²) in [5, 5.41) is 0. The standard InChI is InChI=1S/C17H14BrNO/c18-15-8-5-13(6-9-15)7-10-17(20)19-12-11-14-3-1-2-4-16(14)19/h1-10H,11-12H2. The van der Waals surface area contributed by atoms with Gasteiger partial charge >= 0.3 is 0 Å². The van der Waals surface area contributed by atoms with Crippen molar-refractivity contribution < 1.29 is 4.79 Å². The van der Waals surface area contributed by atoms with Crippen molar-refractivity contribution in [3.8, 4) is 0 Å². The Balaban J connectivity index is 1.76. The lowest BCUT2D eigenvalue weighted by atomic mass is 10.2. The van der Waals surface area contributed by atoms with Crippen molar-refractivity contribution in [2.45, 2.75) is 6.42 Å². The zero-order valence-electron chi connectivity index (χ0n) is 10.9. The van der Waals surface area contributed by atoms with Crippen LogP contribution >= 0.6 is 15.9 Å². The fourth-order valence-electron chi connectivity index (χ4n) is 2.40. The van der Waals surface area contributed by atoms with Gasteiger partial charge in [0.1, 0.15) is 0 Å². The van der Waals surface area contributed by atoms with Crippen LogP contribution in [0.15, 0.2) is 59.1 Å². The maximum atomic E-state index is 12.3. The summed E-state index contributed by atoms with van der Waals surface area (Å²) in [6.07, 6.45) is 4.44. The molecule has 0 bridgehead atoms. The number of anilines is 1. The summed E-state index contributed by atoms with van der Waals surface area (Å²) in [4.78, 5) is 14.1. The van der Waals surface area contributed by atoms with Gasteiger partial charge in [-0.25, -0.2) is 0 Å². The molecule has 2 nitrogen and oxygen atoms in total. The van der Waals surface area contributed by atoms with E-state index in [0.717, 1.165) is 28.7 Å². The predicted octanol–water partition coefficient (Wildman–Crippen LogP) is 4.05. The number of hydrogen-bond donors (Lipinski definition) is 0. The molecule has 0 saturated heterocycles. The average molecular weight is 328 g/mol. The molecular weight excluding hydrogens is 314 g/mol. The Morgan fingerprint density at radius 3 is 2.65 bits per heavy atom. The van der Waals surface area contributed by atoms with E-state index >= 15 is 0 Å². The third-order valence-electron chi connectivity index (χ3n) is 3.44. The molecule has 0 radical (unpaired) electrons. The monoisotopic (exact) mass is 327 g/mol. The van der Waals surface area contributed by atoms with E-state index in [-0.39, 0.29) is 5.91 Å². The van der Waals surface area contributed by atoms with Gasteiger partial charge < -0.3 is 4.90 Å². The van der Waals surface area contributed by atoms with E-state index < -0.39 is 0 Å². The second kappa shape index (κ2) is 5.63. The molecule has 0 unspecified atom stereocenters. The summed E-state index contributed by atoms with van der Waals surface area (Å²) < 4.78 is 1.04. The van der Waals surface area contributed by atoms with Gasteiger partial charge in [-0.15, -0.1) is 0 Å². The van der Waals surface area contributed by atoms with Crippen LogP contribution in [0, 0.1) is 0 Å². The van der Waals surface area contributed by atoms with E-state index in [2.05, 4.69) is 22.0 Å². The molecule has 2 aromatic carbocycles. The number of halogens is 1. The van der Waals surface area contributed by atoms with Gasteiger partial charge in [-0.1, -0.05) is 46.3 Å². The quantitative estimate of drug-likeness (QED) is 0.762. The molecule has 3 rings (SSSR count). The molecule has 1 heterocycles. The first-order valence-corrected chi connectivity index (χ1v) is 7.36. The Kier molecular flexibility index (Phi) is 3.70. The first-order valence-electron chi connectivity index (χ1n) is 6.57. The summed E-state index contributed by atoms with van der Waals surface area (Å²) >= 11 is 3.40. The minimum Gasteiger partial charge on any atom is -0.308 e. The van der Waals surface area contributed by atoms with Crippen molar-refractivity contribution >= 4 is 33.6 Å². The summed E-state index contributed by atoms with van der Waals surface area (Å²) in [7, 11) is 0. The SMILES string of the molecule is O=C(C=Cc1ccc(Br)cc1)N1CCc2ccccc21. The van der Waals surface area contributed by atoms with Gasteiger partial charge in [0.05, 0.1) is 0 Å². The number of hydrogen-bond acceptors (Lipinski definition) is 1. The Labute approximate surface area is 126 Å². The average Bonchev–Trinajstić information content (AvgIpc) is 2.90. The number of amides is 1. The van der Waals surface area contributed by atoms with Gasteiger partial charge in [0.2, 0.25) is 0 Å². The van der Waals surface area contributed by atoms with Crippen LogP contribution in [0.5, 0.6) is 0 Å². The minimum absolute atomic E-state index is 0.0397. The molecule has 0 saturated carbocycles. The van der Waals surface area contributed by atoms with E-state index in [9.17, 15) is 4.79 Å². The molecular formula is C17H14BrNO. The van der Waals surface area contributed by atoms with Crippen LogP contribution in [-0.2, 0) is 11.2 Å². The third kappa shape index (κ3) is 2.68. The van der Waals surface area contributed by atoms with Crippen LogP contribution in [0.25, 0.3) is 6.08 Å². The smallest absolute Gasteiger partial charge is 0.251 e. The lowest BCUT2D eigenvalue weighted by molar-refractivity contribution is -0.114. The fourth-order valence-corrected chi connectivity index (χ4v) is 2.66. The Bertz CT molecular complexity index is 661. The molecule has 1 aliphatic heterocycles. The first kappa shape index (κ1) is 13.1. The highest BCUT2D eigenvalue weighted by Gasteiger charge is 2.22. The molecule has 0 N–H and O–H groups in total. The van der Waals surface area contributed by atoms with Gasteiger partial charge in [0.25, 0.3) is 5.91 Å². The highest BCUT2D eigenvalue weighted by atomic mass is 79.9. The topological polar surface area (TPSA) is 20.3 Å². The summed E-state index contributed by atoms with van der Waals surface area (Å²) in [6, 6.07) is 16.0. The van der Waals surface area contributed by atoms with Gasteiger partial charge in [0.15, 0.2) is 0 Å². The lowest BCUT2D eigenvalue weighted by Crippen LogP contribution is -2.26. The summed E-state index contributed by atoms with van der Waals surface area (Å²) in [6.45, 7) is 0.767. The lowest BCUT2D eigenvalue weighted by Gasteiger charge is -2.14. The van der Waals surface area contributed by atoms with Gasteiger partial charge in [-0.05, 0) is 41.8 Å². The van der Waals surface area contributed by atoms with E-state index in [1.807, 2.05) is 53.4 Å². The maximum absolute atomic E-state index is 12.3. The van der Waals surface area contributed by atoms with Crippen molar-refractivity contribution in [1.82, 2.24) is 0 Å². The summed E-state index contributed by atoms with van der Waals surface area (Å²) in [5.41, 5.74) is 3.31. The second-order valence-corrected chi connectivity index (χ2v) is 5.67. The Hall–Kier alpha value is -1.87. The number of nitrogens with zero attached hydrogens (tertiary/aromatic N) is 1. The number of fused-ring (bicyclic) bond motifs is 1. The van der Waals surface area contributed by atoms with E-state index in [1.165, 1.54) is 5.56 Å². The molecule has 0 spiro atoms. The highest BCUT2D eigenvalue weighted by Crippen LogP contribution is 2.27. The largest absolute Gasteiger partial charge is 0.308 e. The van der Waals surface area contributed by atoms with E-state index in [1.54, 1.807) is 6.08 Å². The molecule has 0 aliphatic carbocycles. The molecule has 2 aromatic rings. The van der Waals surface area contributed by atoms with Crippen molar-refractivity contribution in [3.63, 3.8) is 0 Å². The van der Waals surface area contributed by atoms with E-state index in [4.69, 9.17) is 0 Å². The number of rotatable bonds is 2. The summed E-state index contributed by atoms with van der Waals surface area (Å²) in [5.74, 6) is 0.0397. The van der Waals surface area contributed by atoms with Crippen molar-refractivity contribution in [3.05, 3.63) is 70.2 Å². The number of para-hydroxylation sites is 1. The molecule has 20 heavy (non-hydrogen) atoms. The molecule has 0 atom stereocenters. The minimum atomic E-state index is 0.0397. The number of carbonyl (C=O) groups excluding carboxylic acids is 1. The van der Waals surface area contributed by atoms with Crippen LogP contribution in [-0.4, -0.2) is 12.5 Å². The maximum Gasteiger partial charge on any atom is 0.251 e. The molecule has 1 aliphatic rings. The van der Waals surface area contributed by atoms with Crippen molar-refractivity contribution in [2.24, 2.45) is 0 Å². The molecule has 3 heteroatoms. The number of carbonyl (C=O) groups is 1. The predicted molar refractivity (Wildman–Crippen MR) is 85.7 cm³/mol. The fraction of sp³-hybridized carbons (Fsp3) is 0.118. The molecule has 1 amide bonds.